The van der Waals surface area contributed by atoms with Crippen molar-refractivity contribution < 1.29 is 4.79 Å². The number of hydrogen-bond donors (Lipinski definition) is 2. The molecule has 5 rings (SSSR count). The first-order valence-electron chi connectivity index (χ1n) is 10.6. The van der Waals surface area contributed by atoms with Crippen molar-refractivity contribution in [3.05, 3.63) is 130 Å². The molecule has 0 unspecified atom stereocenters. The lowest BCUT2D eigenvalue weighted by Crippen LogP contribution is -2.03. The van der Waals surface area contributed by atoms with E-state index in [0.717, 1.165) is 16.9 Å². The van der Waals surface area contributed by atoms with Gasteiger partial charge in [-0.25, -0.2) is 0 Å². The van der Waals surface area contributed by atoms with Crippen molar-refractivity contribution >= 4 is 27.9 Å². The molecular weight excluding hydrogens is 396 g/mol. The summed E-state index contributed by atoms with van der Waals surface area (Å²) in [6.45, 7) is 1.35. The zero-order chi connectivity index (χ0) is 21.9. The molecule has 0 aliphatic carbocycles. The summed E-state index contributed by atoms with van der Waals surface area (Å²) in [6, 6.07) is 31.1. The lowest BCUT2D eigenvalue weighted by molar-refractivity contribution is 0.104. The van der Waals surface area contributed by atoms with Gasteiger partial charge in [0.1, 0.15) is 0 Å². The number of benzene rings is 4. The molecule has 0 radical (unpaired) electrons. The fourth-order valence-electron chi connectivity index (χ4n) is 3.84. The van der Waals surface area contributed by atoms with E-state index in [1.807, 2.05) is 66.7 Å². The van der Waals surface area contributed by atoms with Crippen LogP contribution in [0.4, 0.5) is 11.4 Å². The first-order valence-corrected chi connectivity index (χ1v) is 10.6. The molecular formula is C28H22N2O2. The molecule has 0 atom stereocenters. The zero-order valence-electron chi connectivity index (χ0n) is 17.5. The highest BCUT2D eigenvalue weighted by Gasteiger charge is 2.25. The number of ketones is 1. The van der Waals surface area contributed by atoms with Crippen LogP contribution in [0.3, 0.4) is 0 Å². The number of carbonyl (C=O) groups excluding carboxylic acids is 1. The van der Waals surface area contributed by atoms with Crippen LogP contribution in [0.15, 0.2) is 102 Å². The molecule has 4 nitrogen and oxygen atoms in total. The molecule has 32 heavy (non-hydrogen) atoms. The lowest BCUT2D eigenvalue weighted by atomic mass is 10.0. The normalized spacial score (nSPS) is 11.0. The highest BCUT2D eigenvalue weighted by atomic mass is 16.1. The summed E-state index contributed by atoms with van der Waals surface area (Å²) in [5.41, 5.74) is 5.05. The van der Waals surface area contributed by atoms with Gasteiger partial charge in [-0.2, -0.15) is 0 Å². The smallest absolute Gasteiger partial charge is 0.197 e. The summed E-state index contributed by atoms with van der Waals surface area (Å²) in [5, 5.41) is 7.84. The van der Waals surface area contributed by atoms with E-state index in [1.54, 1.807) is 18.2 Å². The van der Waals surface area contributed by atoms with Crippen molar-refractivity contribution in [2.75, 3.05) is 10.6 Å². The van der Waals surface area contributed by atoms with Crippen LogP contribution in [0.1, 0.15) is 27.0 Å². The minimum Gasteiger partial charge on any atom is -0.381 e. The van der Waals surface area contributed by atoms with Gasteiger partial charge in [-0.05, 0) is 47.5 Å². The number of rotatable bonds is 8. The van der Waals surface area contributed by atoms with Crippen LogP contribution in [0.2, 0.25) is 0 Å². The number of fused-ring (bicyclic) bond motifs is 1. The van der Waals surface area contributed by atoms with Crippen molar-refractivity contribution in [3.63, 3.8) is 0 Å². The van der Waals surface area contributed by atoms with Crippen molar-refractivity contribution in [2.45, 2.75) is 13.1 Å². The number of hydrogen-bond acceptors (Lipinski definition) is 4. The highest BCUT2D eigenvalue weighted by molar-refractivity contribution is 6.23. The SMILES string of the molecule is O=C(c1ccc(NCc2ccccc2)cc1)c1ccc(NCc2ccccc2)c2c(=O)c12. The summed E-state index contributed by atoms with van der Waals surface area (Å²) >= 11 is 0. The first-order chi connectivity index (χ1) is 15.7. The molecule has 0 saturated heterocycles. The van der Waals surface area contributed by atoms with Crippen LogP contribution < -0.4 is 16.1 Å². The van der Waals surface area contributed by atoms with Gasteiger partial charge in [0.25, 0.3) is 0 Å². The highest BCUT2D eigenvalue weighted by Crippen LogP contribution is 2.30. The summed E-state index contributed by atoms with van der Waals surface area (Å²) in [7, 11) is 0. The third-order valence-corrected chi connectivity index (χ3v) is 5.65. The summed E-state index contributed by atoms with van der Waals surface area (Å²) < 4.78 is 0. The van der Waals surface area contributed by atoms with Gasteiger partial charge in [-0.1, -0.05) is 60.7 Å². The Bertz CT molecular complexity index is 1380. The number of anilines is 2. The number of nitrogens with one attached hydrogen (secondary N) is 2. The molecule has 5 aromatic carbocycles. The maximum Gasteiger partial charge on any atom is 0.197 e. The maximum absolute atomic E-state index is 13.0. The Balaban J connectivity index is 1.28. The molecule has 0 heterocycles. The third kappa shape index (κ3) is 4.03. The molecule has 0 fully saturated rings. The molecule has 0 spiro atoms. The summed E-state index contributed by atoms with van der Waals surface area (Å²) in [5.74, 6) is -0.128. The van der Waals surface area contributed by atoms with Crippen LogP contribution in [-0.2, 0) is 13.1 Å². The summed E-state index contributed by atoms with van der Waals surface area (Å²) in [6.07, 6.45) is 0. The molecule has 5 aromatic rings. The van der Waals surface area contributed by atoms with Crippen LogP contribution in [0, 0.1) is 0 Å². The quantitative estimate of drug-likeness (QED) is 0.325. The Morgan fingerprint density at radius 2 is 1.22 bits per heavy atom. The predicted octanol–water partition coefficient (Wildman–Crippen LogP) is 5.53. The summed E-state index contributed by atoms with van der Waals surface area (Å²) in [4.78, 5) is 25.4. The Hall–Kier alpha value is -4.18. The van der Waals surface area contributed by atoms with Crippen LogP contribution in [0.25, 0.3) is 10.8 Å². The van der Waals surface area contributed by atoms with E-state index in [2.05, 4.69) is 22.8 Å². The molecule has 0 bridgehead atoms. The third-order valence-electron chi connectivity index (χ3n) is 5.65. The van der Waals surface area contributed by atoms with E-state index in [9.17, 15) is 9.59 Å². The standard InChI is InChI=1S/C28H22N2O2/c31-27(21-11-13-22(14-12-21)29-17-19-7-3-1-4-8-19)23-15-16-24(26-25(23)28(26)32)30-18-20-9-5-2-6-10-20/h1-16,29-30H,17-18H2. The van der Waals surface area contributed by atoms with Crippen LogP contribution in [0.5, 0.6) is 0 Å². The molecule has 0 amide bonds. The van der Waals surface area contributed by atoms with E-state index >= 15 is 0 Å². The second-order valence-electron chi connectivity index (χ2n) is 7.82. The van der Waals surface area contributed by atoms with Crippen molar-refractivity contribution in [3.8, 4) is 0 Å². The van der Waals surface area contributed by atoms with E-state index in [4.69, 9.17) is 0 Å². The second kappa shape index (κ2) is 8.52. The average Bonchev–Trinajstić information content (AvgIpc) is 3.53. The topological polar surface area (TPSA) is 58.2 Å². The van der Waals surface area contributed by atoms with Gasteiger partial charge in [0.2, 0.25) is 0 Å². The fourth-order valence-corrected chi connectivity index (χ4v) is 3.84. The van der Waals surface area contributed by atoms with Gasteiger partial charge in [-0.15, -0.1) is 0 Å². The fraction of sp³-hybridized carbons (Fsp3) is 0.0714. The zero-order valence-corrected chi connectivity index (χ0v) is 17.5. The Morgan fingerprint density at radius 1 is 0.625 bits per heavy atom. The van der Waals surface area contributed by atoms with E-state index in [1.165, 1.54) is 5.56 Å². The molecule has 4 heteroatoms. The Morgan fingerprint density at radius 3 is 1.84 bits per heavy atom. The van der Waals surface area contributed by atoms with E-state index in [0.29, 0.717) is 35.0 Å². The van der Waals surface area contributed by atoms with Crippen molar-refractivity contribution in [1.29, 1.82) is 0 Å². The monoisotopic (exact) mass is 418 g/mol. The molecule has 2 N–H and O–H groups in total. The van der Waals surface area contributed by atoms with Crippen molar-refractivity contribution in [2.24, 2.45) is 0 Å². The maximum atomic E-state index is 13.0. The number of carbonyl (C=O) groups is 1. The average molecular weight is 418 g/mol. The Labute approximate surface area is 186 Å². The molecule has 0 aromatic heterocycles. The minimum absolute atomic E-state index is 0.0462. The van der Waals surface area contributed by atoms with Gasteiger partial charge in [0, 0.05) is 41.0 Å². The van der Waals surface area contributed by atoms with E-state index in [-0.39, 0.29) is 11.2 Å². The Kier molecular flexibility index (Phi) is 5.26. The minimum atomic E-state index is -0.128. The van der Waals surface area contributed by atoms with Gasteiger partial charge in [0.15, 0.2) is 11.2 Å². The molecule has 0 aliphatic heterocycles. The van der Waals surface area contributed by atoms with Crippen LogP contribution in [-0.4, -0.2) is 5.78 Å². The predicted molar refractivity (Wildman–Crippen MR) is 130 cm³/mol. The van der Waals surface area contributed by atoms with Gasteiger partial charge < -0.3 is 10.6 Å². The lowest BCUT2D eigenvalue weighted by Gasteiger charge is -2.08. The van der Waals surface area contributed by atoms with Gasteiger partial charge in [-0.3, -0.25) is 9.59 Å². The van der Waals surface area contributed by atoms with Gasteiger partial charge >= 0.3 is 0 Å². The molecule has 0 aliphatic rings. The largest absolute Gasteiger partial charge is 0.381 e. The van der Waals surface area contributed by atoms with Crippen molar-refractivity contribution in [1.82, 2.24) is 0 Å². The van der Waals surface area contributed by atoms with Crippen LogP contribution >= 0.6 is 0 Å². The van der Waals surface area contributed by atoms with E-state index < -0.39 is 0 Å². The first kappa shape index (κ1) is 19.8. The van der Waals surface area contributed by atoms with Gasteiger partial charge in [0.05, 0.1) is 5.39 Å². The molecule has 156 valence electrons. The second-order valence-corrected chi connectivity index (χ2v) is 7.82. The molecule has 0 saturated carbocycles.